The molecule has 0 aliphatic heterocycles. The van der Waals surface area contributed by atoms with Gasteiger partial charge < -0.3 is 9.73 Å². The molecular weight excluding hydrogens is 315 g/mol. The maximum absolute atomic E-state index is 5.05. The third kappa shape index (κ3) is 4.43. The molecule has 0 atom stereocenters. The van der Waals surface area contributed by atoms with Crippen molar-refractivity contribution in [3.63, 3.8) is 0 Å². The van der Waals surface area contributed by atoms with Crippen molar-refractivity contribution in [1.29, 1.82) is 0 Å². The van der Waals surface area contributed by atoms with Crippen molar-refractivity contribution >= 4 is 46.8 Å². The number of benzene rings is 1. The first-order valence-electron chi connectivity index (χ1n) is 4.22. The van der Waals surface area contributed by atoms with Crippen LogP contribution in [0.25, 0.3) is 0 Å². The van der Waals surface area contributed by atoms with Crippen LogP contribution in [0.3, 0.4) is 0 Å². The summed E-state index contributed by atoms with van der Waals surface area (Å²) in [7, 11) is 0. The van der Waals surface area contributed by atoms with Gasteiger partial charge in [-0.05, 0) is 17.7 Å². The van der Waals surface area contributed by atoms with Gasteiger partial charge in [-0.15, -0.1) is 24.8 Å². The molecule has 2 aromatic rings. The Morgan fingerprint density at radius 3 is 2.75 bits per heavy atom. The van der Waals surface area contributed by atoms with Crippen LogP contribution in [0.4, 0.5) is 6.01 Å². The minimum absolute atomic E-state index is 0. The van der Waals surface area contributed by atoms with Crippen molar-refractivity contribution in [2.75, 3.05) is 5.32 Å². The van der Waals surface area contributed by atoms with Gasteiger partial charge in [0.1, 0.15) is 6.26 Å². The van der Waals surface area contributed by atoms with E-state index in [1.807, 2.05) is 18.2 Å². The number of aromatic nitrogens is 1. The molecule has 0 radical (unpaired) electrons. The van der Waals surface area contributed by atoms with Gasteiger partial charge in [-0.3, -0.25) is 0 Å². The summed E-state index contributed by atoms with van der Waals surface area (Å²) in [5.74, 6) is 0. The topological polar surface area (TPSA) is 38.1 Å². The van der Waals surface area contributed by atoms with E-state index < -0.39 is 0 Å². The lowest BCUT2D eigenvalue weighted by atomic mass is 10.2. The highest BCUT2D eigenvalue weighted by atomic mass is 79.9. The predicted molar refractivity (Wildman–Crippen MR) is 72.5 cm³/mol. The highest BCUT2D eigenvalue weighted by Gasteiger charge is 1.97. The number of hydrogen-bond donors (Lipinski definition) is 1. The lowest BCUT2D eigenvalue weighted by Crippen LogP contribution is -1.98. The number of oxazole rings is 1. The summed E-state index contributed by atoms with van der Waals surface area (Å²) in [4.78, 5) is 3.96. The summed E-state index contributed by atoms with van der Waals surface area (Å²) in [6.45, 7) is 0.708. The van der Waals surface area contributed by atoms with Crippen molar-refractivity contribution < 1.29 is 4.42 Å². The van der Waals surface area contributed by atoms with Crippen molar-refractivity contribution in [3.8, 4) is 0 Å². The molecule has 6 heteroatoms. The minimum atomic E-state index is 0. The van der Waals surface area contributed by atoms with Crippen molar-refractivity contribution in [2.45, 2.75) is 6.54 Å². The number of halogens is 3. The molecule has 0 aliphatic carbocycles. The second-order valence-corrected chi connectivity index (χ2v) is 3.74. The van der Waals surface area contributed by atoms with E-state index >= 15 is 0 Å². The number of nitrogens with one attached hydrogen (secondary N) is 1. The quantitative estimate of drug-likeness (QED) is 0.930. The van der Waals surface area contributed by atoms with E-state index in [1.54, 1.807) is 12.5 Å². The molecule has 2 rings (SSSR count). The minimum Gasteiger partial charge on any atom is -0.432 e. The van der Waals surface area contributed by atoms with Gasteiger partial charge in [0.25, 0.3) is 6.01 Å². The number of anilines is 1. The van der Waals surface area contributed by atoms with E-state index in [0.717, 1.165) is 4.47 Å². The van der Waals surface area contributed by atoms with Gasteiger partial charge in [-0.1, -0.05) is 28.1 Å². The van der Waals surface area contributed by atoms with E-state index in [-0.39, 0.29) is 24.8 Å². The van der Waals surface area contributed by atoms with Crippen LogP contribution in [0.5, 0.6) is 0 Å². The molecule has 88 valence electrons. The molecular formula is C10H11BrCl2N2O. The van der Waals surface area contributed by atoms with E-state index in [4.69, 9.17) is 4.42 Å². The Labute approximate surface area is 115 Å². The average Bonchev–Trinajstić information content (AvgIpc) is 2.67. The first kappa shape index (κ1) is 15.3. The van der Waals surface area contributed by atoms with Crippen LogP contribution in [-0.2, 0) is 6.54 Å². The zero-order valence-corrected chi connectivity index (χ0v) is 11.4. The zero-order valence-electron chi connectivity index (χ0n) is 8.22. The molecule has 0 unspecified atom stereocenters. The number of nitrogens with zero attached hydrogens (tertiary/aromatic N) is 1. The fourth-order valence-electron chi connectivity index (χ4n) is 1.14. The van der Waals surface area contributed by atoms with Crippen LogP contribution < -0.4 is 5.32 Å². The first-order chi connectivity index (χ1) is 6.84. The van der Waals surface area contributed by atoms with Gasteiger partial charge in [-0.2, -0.15) is 0 Å². The predicted octanol–water partition coefficient (Wildman–Crippen LogP) is 3.89. The standard InChI is InChI=1S/C10H9BrN2O.2ClH/c11-9-3-1-2-8(6-9)7-13-10-12-4-5-14-10;;/h1-6H,7H2,(H,12,13);2*1H. The summed E-state index contributed by atoms with van der Waals surface area (Å²) in [6.07, 6.45) is 3.16. The second kappa shape index (κ2) is 7.54. The molecule has 1 heterocycles. The van der Waals surface area contributed by atoms with Gasteiger partial charge in [0.15, 0.2) is 0 Å². The Morgan fingerprint density at radius 2 is 2.12 bits per heavy atom. The summed E-state index contributed by atoms with van der Waals surface area (Å²) >= 11 is 3.41. The van der Waals surface area contributed by atoms with Crippen LogP contribution in [0.15, 0.2) is 45.6 Å². The van der Waals surface area contributed by atoms with Crippen LogP contribution in [-0.4, -0.2) is 4.98 Å². The van der Waals surface area contributed by atoms with Crippen LogP contribution in [0, 0.1) is 0 Å². The Kier molecular flexibility index (Phi) is 7.21. The maximum Gasteiger partial charge on any atom is 0.294 e. The van der Waals surface area contributed by atoms with E-state index in [1.165, 1.54) is 5.56 Å². The molecule has 0 bridgehead atoms. The molecule has 0 spiro atoms. The smallest absolute Gasteiger partial charge is 0.294 e. The molecule has 1 aromatic carbocycles. The molecule has 1 aromatic heterocycles. The highest BCUT2D eigenvalue weighted by Crippen LogP contribution is 2.12. The van der Waals surface area contributed by atoms with E-state index in [0.29, 0.717) is 12.6 Å². The Hall–Kier alpha value is -0.710. The molecule has 16 heavy (non-hydrogen) atoms. The van der Waals surface area contributed by atoms with Crippen molar-refractivity contribution in [2.24, 2.45) is 0 Å². The van der Waals surface area contributed by atoms with Crippen molar-refractivity contribution in [1.82, 2.24) is 4.98 Å². The summed E-state index contributed by atoms with van der Waals surface area (Å²) in [5.41, 5.74) is 1.18. The molecule has 0 fully saturated rings. The number of rotatable bonds is 3. The second-order valence-electron chi connectivity index (χ2n) is 2.82. The van der Waals surface area contributed by atoms with Crippen LogP contribution in [0.2, 0.25) is 0 Å². The van der Waals surface area contributed by atoms with Gasteiger partial charge in [-0.25, -0.2) is 4.98 Å². The van der Waals surface area contributed by atoms with Gasteiger partial charge in [0, 0.05) is 11.0 Å². The van der Waals surface area contributed by atoms with Crippen LogP contribution in [0.1, 0.15) is 5.56 Å². The van der Waals surface area contributed by atoms with Gasteiger partial charge >= 0.3 is 0 Å². The summed E-state index contributed by atoms with van der Waals surface area (Å²) in [6, 6.07) is 8.63. The fraction of sp³-hybridized carbons (Fsp3) is 0.100. The van der Waals surface area contributed by atoms with Gasteiger partial charge in [0.2, 0.25) is 0 Å². The molecule has 0 saturated carbocycles. The SMILES string of the molecule is Brc1cccc(CNc2ncco2)c1.Cl.Cl. The fourth-order valence-corrected chi connectivity index (χ4v) is 1.58. The Balaban J connectivity index is 0.00000112. The lowest BCUT2D eigenvalue weighted by molar-refractivity contribution is 0.571. The van der Waals surface area contributed by atoms with Crippen molar-refractivity contribution in [3.05, 3.63) is 46.8 Å². The Morgan fingerprint density at radius 1 is 1.31 bits per heavy atom. The largest absolute Gasteiger partial charge is 0.432 e. The molecule has 3 nitrogen and oxygen atoms in total. The number of hydrogen-bond acceptors (Lipinski definition) is 3. The summed E-state index contributed by atoms with van der Waals surface area (Å²) in [5, 5.41) is 3.07. The third-order valence-corrected chi connectivity index (χ3v) is 2.26. The summed E-state index contributed by atoms with van der Waals surface area (Å²) < 4.78 is 6.12. The molecule has 0 saturated heterocycles. The third-order valence-electron chi connectivity index (χ3n) is 1.77. The Bertz CT molecular complexity index is 409. The zero-order chi connectivity index (χ0) is 9.80. The van der Waals surface area contributed by atoms with E-state index in [9.17, 15) is 0 Å². The van der Waals surface area contributed by atoms with E-state index in [2.05, 4.69) is 32.3 Å². The van der Waals surface area contributed by atoms with Gasteiger partial charge in [0.05, 0.1) is 6.20 Å². The first-order valence-corrected chi connectivity index (χ1v) is 5.02. The molecule has 1 N–H and O–H groups in total. The molecule has 0 aliphatic rings. The normalized spacial score (nSPS) is 8.81. The maximum atomic E-state index is 5.05. The monoisotopic (exact) mass is 324 g/mol. The lowest BCUT2D eigenvalue weighted by Gasteiger charge is -2.01. The average molecular weight is 326 g/mol. The molecule has 0 amide bonds. The van der Waals surface area contributed by atoms with Crippen LogP contribution >= 0.6 is 40.7 Å². The highest BCUT2D eigenvalue weighted by molar-refractivity contribution is 9.10.